The van der Waals surface area contributed by atoms with Gasteiger partial charge >= 0.3 is 6.18 Å². The molecule has 0 spiro atoms. The molecule has 6 N–H and O–H groups in total. The molecular formula is C14H14F3N5O4. The van der Waals surface area contributed by atoms with Gasteiger partial charge in [-0.1, -0.05) is 5.92 Å². The second-order valence-corrected chi connectivity index (χ2v) is 5.51. The first-order valence-corrected chi connectivity index (χ1v) is 7.30. The summed E-state index contributed by atoms with van der Waals surface area (Å²) in [7, 11) is 0. The molecule has 0 bridgehead atoms. The first-order valence-electron chi connectivity index (χ1n) is 7.30. The van der Waals surface area contributed by atoms with Gasteiger partial charge in [0.1, 0.15) is 36.4 Å². The van der Waals surface area contributed by atoms with Crippen molar-refractivity contribution >= 4 is 16.9 Å². The lowest BCUT2D eigenvalue weighted by molar-refractivity contribution is -0.0744. The van der Waals surface area contributed by atoms with Crippen LogP contribution in [0, 0.1) is 11.8 Å². The Morgan fingerprint density at radius 2 is 2.04 bits per heavy atom. The topological polar surface area (TPSA) is 139 Å². The van der Waals surface area contributed by atoms with E-state index < -0.39 is 36.8 Å². The Kier molecular flexibility index (Phi) is 4.74. The fourth-order valence-corrected chi connectivity index (χ4v) is 2.71. The van der Waals surface area contributed by atoms with Gasteiger partial charge in [0.25, 0.3) is 0 Å². The molecule has 2 aromatic heterocycles. The minimum absolute atomic E-state index is 0.292. The van der Waals surface area contributed by atoms with Gasteiger partial charge in [-0.15, -0.1) is 0 Å². The van der Waals surface area contributed by atoms with Crippen molar-refractivity contribution in [1.82, 2.24) is 14.5 Å². The van der Waals surface area contributed by atoms with Gasteiger partial charge in [0, 0.05) is 12.1 Å². The number of aromatic nitrogens is 3. The number of hydrogen-bond donors (Lipinski definition) is 5. The summed E-state index contributed by atoms with van der Waals surface area (Å²) in [6.07, 6.45) is -10.0. The number of aliphatic hydroxyl groups is 3. The van der Waals surface area contributed by atoms with Crippen LogP contribution in [-0.2, 0) is 4.74 Å². The first-order chi connectivity index (χ1) is 12.2. The van der Waals surface area contributed by atoms with Gasteiger partial charge in [-0.3, -0.25) is 0 Å². The molecule has 140 valence electrons. The highest BCUT2D eigenvalue weighted by atomic mass is 19.4. The van der Waals surface area contributed by atoms with Crippen LogP contribution in [0.5, 0.6) is 0 Å². The van der Waals surface area contributed by atoms with Crippen LogP contribution in [0.4, 0.5) is 19.0 Å². The summed E-state index contributed by atoms with van der Waals surface area (Å²) >= 11 is 0. The van der Waals surface area contributed by atoms with Gasteiger partial charge < -0.3 is 30.0 Å². The van der Waals surface area contributed by atoms with Crippen LogP contribution in [0.1, 0.15) is 6.23 Å². The lowest BCUT2D eigenvalue weighted by Gasteiger charge is -2.17. The molecule has 0 amide bonds. The first kappa shape index (κ1) is 18.4. The maximum atomic E-state index is 12.2. The number of rotatable bonds is 3. The van der Waals surface area contributed by atoms with E-state index in [1.54, 1.807) is 12.0 Å². The zero-order valence-electron chi connectivity index (χ0n) is 12.9. The van der Waals surface area contributed by atoms with E-state index in [9.17, 15) is 28.5 Å². The second kappa shape index (κ2) is 6.71. The highest BCUT2D eigenvalue weighted by Gasteiger charge is 2.47. The number of hydrogen-bond acceptors (Lipinski definition) is 8. The van der Waals surface area contributed by atoms with Crippen molar-refractivity contribution in [3.63, 3.8) is 0 Å². The number of nitrogens with two attached hydrogens (primary N) is 1. The van der Waals surface area contributed by atoms with Gasteiger partial charge in [0.05, 0.1) is 5.39 Å². The third-order valence-corrected chi connectivity index (χ3v) is 3.87. The van der Waals surface area contributed by atoms with Gasteiger partial charge in [-0.05, 0) is 6.07 Å². The number of hydrazine groups is 1. The van der Waals surface area contributed by atoms with Crippen LogP contribution in [-0.4, -0.2) is 60.4 Å². The van der Waals surface area contributed by atoms with E-state index in [0.29, 0.717) is 16.9 Å². The Bertz CT molecular complexity index is 862. The molecule has 0 radical (unpaired) electrons. The normalized spacial score (nSPS) is 27.2. The molecule has 1 aliphatic rings. The molecule has 1 saturated heterocycles. The van der Waals surface area contributed by atoms with Crippen molar-refractivity contribution < 1.29 is 33.2 Å². The average Bonchev–Trinajstić information content (AvgIpc) is 3.14. The van der Waals surface area contributed by atoms with Crippen LogP contribution in [0.2, 0.25) is 0 Å². The molecular weight excluding hydrogens is 359 g/mol. The monoisotopic (exact) mass is 373 g/mol. The van der Waals surface area contributed by atoms with Crippen molar-refractivity contribution in [2.45, 2.75) is 36.8 Å². The number of nitrogens with zero attached hydrogens (tertiary/aromatic N) is 3. The minimum Gasteiger partial charge on any atom is -0.387 e. The molecule has 0 saturated carbocycles. The third kappa shape index (κ3) is 3.30. The molecule has 0 aliphatic carbocycles. The van der Waals surface area contributed by atoms with Crippen LogP contribution >= 0.6 is 0 Å². The standard InChI is InChI=1S/C14H14F3N5O4/c15-14(16,17)3-1-7(23)10-8(24)9(25)13(26-10)22-4-2-6-11(21-18)19-5-20-12(6)22/h2,4-5,7-10,13,23-25H,18H2,(H,19,20,21)/t7-,8+,9-,10-,13-/m1/s1. The molecule has 3 heterocycles. The van der Waals surface area contributed by atoms with E-state index in [1.807, 2.05) is 0 Å². The average molecular weight is 373 g/mol. The molecule has 2 aromatic rings. The Balaban J connectivity index is 1.90. The molecule has 1 fully saturated rings. The number of fused-ring (bicyclic) bond motifs is 1. The fraction of sp³-hybridized carbons (Fsp3) is 0.429. The van der Waals surface area contributed by atoms with Crippen LogP contribution in [0.25, 0.3) is 11.0 Å². The Hall–Kier alpha value is -2.43. The Labute approximate surface area is 144 Å². The predicted molar refractivity (Wildman–Crippen MR) is 81.1 cm³/mol. The Morgan fingerprint density at radius 1 is 1.31 bits per heavy atom. The summed E-state index contributed by atoms with van der Waals surface area (Å²) in [5.74, 6) is 8.11. The number of alkyl halides is 3. The van der Waals surface area contributed by atoms with Crippen molar-refractivity contribution in [2.75, 3.05) is 5.43 Å². The number of halogens is 3. The lowest BCUT2D eigenvalue weighted by atomic mass is 10.1. The smallest absolute Gasteiger partial charge is 0.387 e. The maximum absolute atomic E-state index is 12.2. The second-order valence-electron chi connectivity index (χ2n) is 5.51. The van der Waals surface area contributed by atoms with Gasteiger partial charge in [-0.25, -0.2) is 15.8 Å². The number of aliphatic hydroxyl groups excluding tert-OH is 3. The molecule has 9 nitrogen and oxygen atoms in total. The molecule has 5 atom stereocenters. The van der Waals surface area contributed by atoms with E-state index in [1.165, 1.54) is 17.1 Å². The predicted octanol–water partition coefficient (Wildman–Crippen LogP) is -0.737. The molecule has 26 heavy (non-hydrogen) atoms. The number of anilines is 1. The van der Waals surface area contributed by atoms with E-state index in [-0.39, 0.29) is 0 Å². The van der Waals surface area contributed by atoms with Crippen LogP contribution in [0.15, 0.2) is 18.6 Å². The summed E-state index contributed by atoms with van der Waals surface area (Å²) in [6.45, 7) is 0. The van der Waals surface area contributed by atoms with E-state index in [0.717, 1.165) is 5.92 Å². The van der Waals surface area contributed by atoms with Gasteiger partial charge in [0.15, 0.2) is 12.0 Å². The summed E-state index contributed by atoms with van der Waals surface area (Å²) in [6, 6.07) is 1.57. The summed E-state index contributed by atoms with van der Waals surface area (Å²) < 4.78 is 43.2. The zero-order valence-corrected chi connectivity index (χ0v) is 12.9. The third-order valence-electron chi connectivity index (χ3n) is 3.87. The van der Waals surface area contributed by atoms with Crippen LogP contribution in [0.3, 0.4) is 0 Å². The van der Waals surface area contributed by atoms with Gasteiger partial charge in [0.2, 0.25) is 0 Å². The SMILES string of the molecule is NNc1ncnc2c1ccn2[C@@H]1O[C@H]([C@H](O)C#CC(F)(F)F)[C@@H](O)[C@H]1O. The van der Waals surface area contributed by atoms with E-state index in [2.05, 4.69) is 15.4 Å². The molecule has 0 unspecified atom stereocenters. The van der Waals surface area contributed by atoms with E-state index in [4.69, 9.17) is 10.6 Å². The van der Waals surface area contributed by atoms with Gasteiger partial charge in [-0.2, -0.15) is 13.2 Å². The number of nitrogens with one attached hydrogen (secondary N) is 1. The largest absolute Gasteiger partial charge is 0.457 e. The molecule has 1 aliphatic heterocycles. The minimum atomic E-state index is -4.80. The lowest BCUT2D eigenvalue weighted by Crippen LogP contribution is -2.38. The van der Waals surface area contributed by atoms with E-state index >= 15 is 0 Å². The highest BCUT2D eigenvalue weighted by molar-refractivity contribution is 5.87. The van der Waals surface area contributed by atoms with Crippen molar-refractivity contribution in [1.29, 1.82) is 0 Å². The summed E-state index contributed by atoms with van der Waals surface area (Å²) in [5, 5.41) is 30.5. The van der Waals surface area contributed by atoms with Crippen molar-refractivity contribution in [3.8, 4) is 11.8 Å². The van der Waals surface area contributed by atoms with Crippen molar-refractivity contribution in [3.05, 3.63) is 18.6 Å². The number of ether oxygens (including phenoxy) is 1. The quantitative estimate of drug-likeness (QED) is 0.269. The Morgan fingerprint density at radius 3 is 2.69 bits per heavy atom. The highest BCUT2D eigenvalue weighted by Crippen LogP contribution is 2.34. The number of nitrogen functional groups attached to an aromatic ring is 1. The van der Waals surface area contributed by atoms with Crippen molar-refractivity contribution in [2.24, 2.45) is 5.84 Å². The summed E-state index contributed by atoms with van der Waals surface area (Å²) in [4.78, 5) is 7.95. The molecule has 0 aromatic carbocycles. The zero-order chi connectivity index (χ0) is 19.1. The fourth-order valence-electron chi connectivity index (χ4n) is 2.71. The molecule has 12 heteroatoms. The maximum Gasteiger partial charge on any atom is 0.457 e. The molecule has 3 rings (SSSR count). The van der Waals surface area contributed by atoms with Crippen LogP contribution < -0.4 is 11.3 Å². The summed E-state index contributed by atoms with van der Waals surface area (Å²) in [5.41, 5.74) is 2.66.